The predicted octanol–water partition coefficient (Wildman–Crippen LogP) is 2.72. The molecular formula is C16H22N2O2S. The lowest BCUT2D eigenvalue weighted by Gasteiger charge is -2.25. The first kappa shape index (κ1) is 14.7. The average molecular weight is 306 g/mol. The van der Waals surface area contributed by atoms with Crippen molar-refractivity contribution in [3.63, 3.8) is 0 Å². The van der Waals surface area contributed by atoms with Gasteiger partial charge in [0, 0.05) is 37.2 Å². The van der Waals surface area contributed by atoms with Crippen molar-refractivity contribution in [1.29, 1.82) is 0 Å². The molecule has 1 fully saturated rings. The number of methoxy groups -OCH3 is 1. The molecule has 0 aromatic carbocycles. The zero-order chi connectivity index (χ0) is 14.7. The molecule has 0 bridgehead atoms. The minimum atomic E-state index is 0.0812. The summed E-state index contributed by atoms with van der Waals surface area (Å²) in [4.78, 5) is 12.6. The first-order valence-corrected chi connectivity index (χ1v) is 8.50. The molecule has 5 heteroatoms. The standard InChI is InChI=1S/C16H22N2O2S/c1-20-11-8-17-15(19)14-12-6-2-3-7-13(12)21-16(14)18-9-4-5-10-18/h4-5,9-10,12-13H,2-3,6-8,11H2,1H3,(H,17,19). The molecule has 3 rings (SSSR count). The van der Waals surface area contributed by atoms with Gasteiger partial charge in [0.1, 0.15) is 0 Å². The van der Waals surface area contributed by atoms with Crippen molar-refractivity contribution in [1.82, 2.24) is 9.88 Å². The molecule has 1 aliphatic heterocycles. The van der Waals surface area contributed by atoms with E-state index in [4.69, 9.17) is 4.74 Å². The van der Waals surface area contributed by atoms with E-state index in [0.717, 1.165) is 17.0 Å². The second-order valence-corrected chi connectivity index (χ2v) is 6.83. The number of ether oxygens (including phenoxy) is 1. The van der Waals surface area contributed by atoms with Gasteiger partial charge in [0.2, 0.25) is 5.91 Å². The Hall–Kier alpha value is -1.20. The van der Waals surface area contributed by atoms with E-state index in [9.17, 15) is 4.79 Å². The van der Waals surface area contributed by atoms with E-state index in [1.807, 2.05) is 36.3 Å². The van der Waals surface area contributed by atoms with E-state index in [-0.39, 0.29) is 5.91 Å². The molecule has 2 heterocycles. The number of nitrogens with zero attached hydrogens (tertiary/aromatic N) is 1. The molecule has 2 unspecified atom stereocenters. The molecule has 2 aliphatic rings. The summed E-state index contributed by atoms with van der Waals surface area (Å²) in [6, 6.07) is 4.02. The van der Waals surface area contributed by atoms with Crippen LogP contribution in [0.1, 0.15) is 25.7 Å². The fourth-order valence-corrected chi connectivity index (χ4v) is 4.85. The van der Waals surface area contributed by atoms with Crippen molar-refractivity contribution in [3.05, 3.63) is 30.1 Å². The van der Waals surface area contributed by atoms with Crippen LogP contribution in [0.4, 0.5) is 0 Å². The smallest absolute Gasteiger partial charge is 0.250 e. The lowest BCUT2D eigenvalue weighted by molar-refractivity contribution is -0.118. The lowest BCUT2D eigenvalue weighted by atomic mass is 9.83. The molecule has 0 spiro atoms. The Morgan fingerprint density at radius 2 is 2.14 bits per heavy atom. The highest BCUT2D eigenvalue weighted by atomic mass is 32.2. The average Bonchev–Trinajstić information content (AvgIpc) is 3.14. The molecule has 114 valence electrons. The van der Waals surface area contributed by atoms with Gasteiger partial charge in [0.15, 0.2) is 0 Å². The van der Waals surface area contributed by atoms with Gasteiger partial charge in [0.05, 0.1) is 17.2 Å². The molecule has 2 atom stereocenters. The Labute approximate surface area is 129 Å². The van der Waals surface area contributed by atoms with Crippen LogP contribution in [0.3, 0.4) is 0 Å². The van der Waals surface area contributed by atoms with E-state index < -0.39 is 0 Å². The monoisotopic (exact) mass is 306 g/mol. The van der Waals surface area contributed by atoms with Gasteiger partial charge >= 0.3 is 0 Å². The van der Waals surface area contributed by atoms with Gasteiger partial charge in [-0.3, -0.25) is 4.79 Å². The third-order valence-corrected chi connectivity index (χ3v) is 5.76. The zero-order valence-corrected chi connectivity index (χ0v) is 13.2. The molecule has 1 amide bonds. The highest BCUT2D eigenvalue weighted by Gasteiger charge is 2.40. The molecule has 1 saturated carbocycles. The summed E-state index contributed by atoms with van der Waals surface area (Å²) in [5.41, 5.74) is 0.983. The number of hydrogen-bond donors (Lipinski definition) is 1. The van der Waals surface area contributed by atoms with Crippen LogP contribution in [0.25, 0.3) is 5.03 Å². The Balaban J connectivity index is 1.85. The van der Waals surface area contributed by atoms with Gasteiger partial charge in [-0.2, -0.15) is 0 Å². The molecule has 1 N–H and O–H groups in total. The summed E-state index contributed by atoms with van der Waals surface area (Å²) in [5.74, 6) is 0.487. The largest absolute Gasteiger partial charge is 0.383 e. The fraction of sp³-hybridized carbons (Fsp3) is 0.562. The summed E-state index contributed by atoms with van der Waals surface area (Å²) in [6.45, 7) is 1.12. The van der Waals surface area contributed by atoms with Crippen LogP contribution in [0, 0.1) is 5.92 Å². The number of hydrogen-bond acceptors (Lipinski definition) is 3. The SMILES string of the molecule is COCCNC(=O)C1=C(n2cccc2)SC2CCCCC12. The second kappa shape index (κ2) is 6.71. The fourth-order valence-electron chi connectivity index (χ4n) is 3.23. The van der Waals surface area contributed by atoms with Crippen molar-refractivity contribution < 1.29 is 9.53 Å². The maximum absolute atomic E-state index is 12.6. The molecule has 21 heavy (non-hydrogen) atoms. The van der Waals surface area contributed by atoms with Gasteiger partial charge < -0.3 is 14.6 Å². The van der Waals surface area contributed by atoms with Crippen molar-refractivity contribution in [2.75, 3.05) is 20.3 Å². The highest BCUT2D eigenvalue weighted by Crippen LogP contribution is 2.50. The van der Waals surface area contributed by atoms with Crippen LogP contribution in [0.2, 0.25) is 0 Å². The second-order valence-electron chi connectivity index (χ2n) is 5.61. The summed E-state index contributed by atoms with van der Waals surface area (Å²) in [7, 11) is 1.65. The van der Waals surface area contributed by atoms with E-state index in [1.54, 1.807) is 7.11 Å². The number of fused-ring (bicyclic) bond motifs is 1. The minimum Gasteiger partial charge on any atom is -0.383 e. The molecule has 4 nitrogen and oxygen atoms in total. The molecule has 0 saturated heterocycles. The zero-order valence-electron chi connectivity index (χ0n) is 12.4. The summed E-state index contributed by atoms with van der Waals surface area (Å²) in [5, 5.41) is 4.69. The Bertz CT molecular complexity index is 524. The number of thioether (sulfide) groups is 1. The van der Waals surface area contributed by atoms with Gasteiger partial charge in [0.25, 0.3) is 0 Å². The molecular weight excluding hydrogens is 284 g/mol. The first-order valence-electron chi connectivity index (χ1n) is 7.62. The van der Waals surface area contributed by atoms with Crippen LogP contribution in [-0.4, -0.2) is 36.0 Å². The molecule has 1 aromatic rings. The van der Waals surface area contributed by atoms with E-state index in [2.05, 4.69) is 9.88 Å². The minimum absolute atomic E-state index is 0.0812. The lowest BCUT2D eigenvalue weighted by Crippen LogP contribution is -2.33. The maximum atomic E-state index is 12.6. The van der Waals surface area contributed by atoms with Crippen molar-refractivity contribution in [2.45, 2.75) is 30.9 Å². The molecule has 1 aliphatic carbocycles. The van der Waals surface area contributed by atoms with Gasteiger partial charge in [-0.15, -0.1) is 11.8 Å². The number of nitrogens with one attached hydrogen (secondary N) is 1. The van der Waals surface area contributed by atoms with Gasteiger partial charge in [-0.05, 0) is 25.0 Å². The van der Waals surface area contributed by atoms with Gasteiger partial charge in [-0.1, -0.05) is 12.8 Å². The topological polar surface area (TPSA) is 43.3 Å². The maximum Gasteiger partial charge on any atom is 0.250 e. The molecule has 1 aromatic heterocycles. The summed E-state index contributed by atoms with van der Waals surface area (Å²) in [6.07, 6.45) is 8.93. The first-order chi connectivity index (χ1) is 10.3. The Morgan fingerprint density at radius 3 is 2.90 bits per heavy atom. The number of carbonyl (C=O) groups is 1. The van der Waals surface area contributed by atoms with Gasteiger partial charge in [-0.25, -0.2) is 0 Å². The normalized spacial score (nSPS) is 25.0. The number of aromatic nitrogens is 1. The summed E-state index contributed by atoms with van der Waals surface area (Å²) >= 11 is 1.88. The van der Waals surface area contributed by atoms with Crippen molar-refractivity contribution in [3.8, 4) is 0 Å². The van der Waals surface area contributed by atoms with Crippen LogP contribution in [0.5, 0.6) is 0 Å². The van der Waals surface area contributed by atoms with Crippen LogP contribution < -0.4 is 5.32 Å². The highest BCUT2D eigenvalue weighted by molar-refractivity contribution is 8.08. The Morgan fingerprint density at radius 1 is 1.38 bits per heavy atom. The summed E-state index contributed by atoms with van der Waals surface area (Å²) < 4.78 is 7.11. The number of carbonyl (C=O) groups excluding carboxylic acids is 1. The third-order valence-electron chi connectivity index (χ3n) is 4.24. The molecule has 0 radical (unpaired) electrons. The van der Waals surface area contributed by atoms with Crippen LogP contribution in [-0.2, 0) is 9.53 Å². The van der Waals surface area contributed by atoms with Crippen LogP contribution >= 0.6 is 11.8 Å². The van der Waals surface area contributed by atoms with Crippen molar-refractivity contribution in [2.24, 2.45) is 5.92 Å². The van der Waals surface area contributed by atoms with Crippen LogP contribution in [0.15, 0.2) is 30.1 Å². The number of amides is 1. The predicted molar refractivity (Wildman–Crippen MR) is 85.9 cm³/mol. The number of rotatable bonds is 5. The quantitative estimate of drug-likeness (QED) is 0.851. The van der Waals surface area contributed by atoms with E-state index >= 15 is 0 Å². The van der Waals surface area contributed by atoms with E-state index in [0.29, 0.717) is 24.3 Å². The Kier molecular flexibility index (Phi) is 4.70. The third kappa shape index (κ3) is 3.04. The van der Waals surface area contributed by atoms with Crippen molar-refractivity contribution >= 4 is 22.7 Å². The van der Waals surface area contributed by atoms with E-state index in [1.165, 1.54) is 19.3 Å².